The molecule has 0 aromatic carbocycles. The van der Waals surface area contributed by atoms with Gasteiger partial charge in [0.05, 0.1) is 0 Å². The van der Waals surface area contributed by atoms with Gasteiger partial charge in [0.15, 0.2) is 0 Å². The van der Waals surface area contributed by atoms with Crippen LogP contribution >= 0.6 is 0 Å². The van der Waals surface area contributed by atoms with Gasteiger partial charge in [0.1, 0.15) is 0 Å². The zero-order chi connectivity index (χ0) is 11.1. The Labute approximate surface area is 92.0 Å². The monoisotopic (exact) mass is 210 g/mol. The van der Waals surface area contributed by atoms with Crippen LogP contribution in [0.4, 0.5) is 0 Å². The van der Waals surface area contributed by atoms with Crippen molar-refractivity contribution in [1.82, 2.24) is 4.90 Å². The number of likely N-dealkylation sites (tertiary alicyclic amines) is 1. The maximum atomic E-state index is 12.2. The van der Waals surface area contributed by atoms with Crippen molar-refractivity contribution in [3.63, 3.8) is 0 Å². The van der Waals surface area contributed by atoms with Gasteiger partial charge in [0.25, 0.3) is 0 Å². The van der Waals surface area contributed by atoms with Crippen LogP contribution in [0.15, 0.2) is 0 Å². The van der Waals surface area contributed by atoms with Crippen molar-refractivity contribution in [3.05, 3.63) is 0 Å². The zero-order valence-electron chi connectivity index (χ0n) is 9.83. The normalized spacial score (nSPS) is 31.1. The standard InChI is InChI=1S/C12H22N2O/c1-9(13)10-4-7-14(8-10)11(15)12(2)5-3-6-12/h9-10H,3-8,13H2,1-2H3. The molecule has 86 valence electrons. The molecule has 2 aliphatic rings. The Balaban J connectivity index is 1.93. The molecular formula is C12H22N2O. The Kier molecular flexibility index (Phi) is 2.75. The Morgan fingerprint density at radius 3 is 2.60 bits per heavy atom. The molecule has 15 heavy (non-hydrogen) atoms. The molecule has 1 heterocycles. The van der Waals surface area contributed by atoms with Crippen LogP contribution < -0.4 is 5.73 Å². The lowest BCUT2D eigenvalue weighted by molar-refractivity contribution is -0.145. The van der Waals surface area contributed by atoms with E-state index in [0.717, 1.165) is 32.4 Å². The molecule has 1 saturated heterocycles. The first kappa shape index (κ1) is 10.9. The van der Waals surface area contributed by atoms with Gasteiger partial charge >= 0.3 is 0 Å². The summed E-state index contributed by atoms with van der Waals surface area (Å²) in [4.78, 5) is 14.2. The van der Waals surface area contributed by atoms with Crippen molar-refractivity contribution in [1.29, 1.82) is 0 Å². The minimum absolute atomic E-state index is 0.0350. The Morgan fingerprint density at radius 1 is 1.53 bits per heavy atom. The lowest BCUT2D eigenvalue weighted by atomic mass is 9.69. The highest BCUT2D eigenvalue weighted by atomic mass is 16.2. The molecule has 0 radical (unpaired) electrons. The Bertz CT molecular complexity index is 258. The van der Waals surface area contributed by atoms with E-state index >= 15 is 0 Å². The fourth-order valence-electron chi connectivity index (χ4n) is 2.70. The summed E-state index contributed by atoms with van der Waals surface area (Å²) < 4.78 is 0. The number of nitrogens with two attached hydrogens (primary N) is 1. The minimum Gasteiger partial charge on any atom is -0.342 e. The van der Waals surface area contributed by atoms with Gasteiger partial charge in [-0.3, -0.25) is 4.79 Å². The molecule has 3 nitrogen and oxygen atoms in total. The van der Waals surface area contributed by atoms with Gasteiger partial charge in [0.2, 0.25) is 5.91 Å². The lowest BCUT2D eigenvalue weighted by Crippen LogP contribution is -2.45. The molecule has 2 atom stereocenters. The molecule has 1 aliphatic carbocycles. The molecule has 1 saturated carbocycles. The van der Waals surface area contributed by atoms with E-state index in [4.69, 9.17) is 5.73 Å². The average Bonchev–Trinajstić information content (AvgIpc) is 2.61. The van der Waals surface area contributed by atoms with E-state index in [1.807, 2.05) is 11.8 Å². The fourth-order valence-corrected chi connectivity index (χ4v) is 2.70. The number of rotatable bonds is 2. The van der Waals surface area contributed by atoms with Crippen LogP contribution in [0.2, 0.25) is 0 Å². The van der Waals surface area contributed by atoms with E-state index < -0.39 is 0 Å². The number of carbonyl (C=O) groups is 1. The quantitative estimate of drug-likeness (QED) is 0.748. The van der Waals surface area contributed by atoms with Crippen LogP contribution in [0.3, 0.4) is 0 Å². The van der Waals surface area contributed by atoms with Crippen molar-refractivity contribution in [2.45, 2.75) is 45.6 Å². The summed E-state index contributed by atoms with van der Waals surface area (Å²) in [5.74, 6) is 0.884. The topological polar surface area (TPSA) is 46.3 Å². The molecule has 2 unspecified atom stereocenters. The summed E-state index contributed by atoms with van der Waals surface area (Å²) in [5, 5.41) is 0. The molecule has 1 amide bonds. The predicted octanol–water partition coefficient (Wildman–Crippen LogP) is 1.37. The third kappa shape index (κ3) is 1.89. The molecule has 1 aliphatic heterocycles. The van der Waals surface area contributed by atoms with E-state index in [0.29, 0.717) is 11.8 Å². The van der Waals surface area contributed by atoms with Gasteiger partial charge in [-0.2, -0.15) is 0 Å². The predicted molar refractivity (Wildman–Crippen MR) is 60.3 cm³/mol. The van der Waals surface area contributed by atoms with E-state index in [9.17, 15) is 4.79 Å². The molecule has 0 aromatic rings. The highest BCUT2D eigenvalue weighted by Gasteiger charge is 2.43. The van der Waals surface area contributed by atoms with Gasteiger partial charge in [-0.1, -0.05) is 13.3 Å². The van der Waals surface area contributed by atoms with Crippen LogP contribution in [0.1, 0.15) is 39.5 Å². The molecule has 0 aromatic heterocycles. The van der Waals surface area contributed by atoms with E-state index in [1.165, 1.54) is 6.42 Å². The third-order valence-corrected chi connectivity index (χ3v) is 4.23. The zero-order valence-corrected chi connectivity index (χ0v) is 9.83. The van der Waals surface area contributed by atoms with Crippen LogP contribution in [0.25, 0.3) is 0 Å². The van der Waals surface area contributed by atoms with Crippen molar-refractivity contribution < 1.29 is 4.79 Å². The van der Waals surface area contributed by atoms with Crippen LogP contribution in [0, 0.1) is 11.3 Å². The van der Waals surface area contributed by atoms with Gasteiger partial charge < -0.3 is 10.6 Å². The highest BCUT2D eigenvalue weighted by Crippen LogP contribution is 2.42. The van der Waals surface area contributed by atoms with Gasteiger partial charge in [-0.05, 0) is 32.1 Å². The number of carbonyl (C=O) groups excluding carboxylic acids is 1. The maximum Gasteiger partial charge on any atom is 0.228 e. The molecule has 3 heteroatoms. The van der Waals surface area contributed by atoms with Crippen molar-refractivity contribution in [3.8, 4) is 0 Å². The molecule has 0 bridgehead atoms. The fraction of sp³-hybridized carbons (Fsp3) is 0.917. The second kappa shape index (κ2) is 3.78. The maximum absolute atomic E-state index is 12.2. The first-order valence-electron chi connectivity index (χ1n) is 6.08. The Hall–Kier alpha value is -0.570. The van der Waals surface area contributed by atoms with Crippen molar-refractivity contribution in [2.75, 3.05) is 13.1 Å². The summed E-state index contributed by atoms with van der Waals surface area (Å²) in [7, 11) is 0. The highest BCUT2D eigenvalue weighted by molar-refractivity contribution is 5.83. The summed E-state index contributed by atoms with van der Waals surface area (Å²) in [6, 6.07) is 0.219. The number of amides is 1. The van der Waals surface area contributed by atoms with E-state index in [2.05, 4.69) is 6.92 Å². The SMILES string of the molecule is CC(N)C1CCN(C(=O)C2(C)CCC2)C1. The summed E-state index contributed by atoms with van der Waals surface area (Å²) in [6.07, 6.45) is 4.45. The number of hydrogen-bond acceptors (Lipinski definition) is 2. The first-order chi connectivity index (χ1) is 7.03. The number of hydrogen-bond donors (Lipinski definition) is 1. The lowest BCUT2D eigenvalue weighted by Gasteiger charge is -2.39. The third-order valence-electron chi connectivity index (χ3n) is 4.23. The van der Waals surface area contributed by atoms with Crippen LogP contribution in [-0.4, -0.2) is 29.9 Å². The average molecular weight is 210 g/mol. The largest absolute Gasteiger partial charge is 0.342 e. The van der Waals surface area contributed by atoms with Gasteiger partial charge in [-0.25, -0.2) is 0 Å². The summed E-state index contributed by atoms with van der Waals surface area (Å²) in [6.45, 7) is 5.95. The van der Waals surface area contributed by atoms with Gasteiger partial charge in [-0.15, -0.1) is 0 Å². The van der Waals surface area contributed by atoms with E-state index in [1.54, 1.807) is 0 Å². The first-order valence-corrected chi connectivity index (χ1v) is 6.08. The molecule has 2 N–H and O–H groups in total. The van der Waals surface area contributed by atoms with Crippen molar-refractivity contribution in [2.24, 2.45) is 17.1 Å². The second-order valence-electron chi connectivity index (χ2n) is 5.57. The van der Waals surface area contributed by atoms with Crippen LogP contribution in [-0.2, 0) is 4.79 Å². The van der Waals surface area contributed by atoms with Crippen molar-refractivity contribution >= 4 is 5.91 Å². The smallest absolute Gasteiger partial charge is 0.228 e. The summed E-state index contributed by atoms with van der Waals surface area (Å²) in [5.41, 5.74) is 5.84. The van der Waals surface area contributed by atoms with Gasteiger partial charge in [0, 0.05) is 24.5 Å². The molecule has 2 fully saturated rings. The van der Waals surface area contributed by atoms with Crippen LogP contribution in [0.5, 0.6) is 0 Å². The molecular weight excluding hydrogens is 188 g/mol. The molecule has 2 rings (SSSR count). The number of nitrogens with zero attached hydrogens (tertiary/aromatic N) is 1. The minimum atomic E-state index is -0.0350. The summed E-state index contributed by atoms with van der Waals surface area (Å²) >= 11 is 0. The van der Waals surface area contributed by atoms with E-state index in [-0.39, 0.29) is 11.5 Å². The second-order valence-corrected chi connectivity index (χ2v) is 5.57. The molecule has 0 spiro atoms. The Morgan fingerprint density at radius 2 is 2.20 bits per heavy atom.